The van der Waals surface area contributed by atoms with Crippen LogP contribution in [0.25, 0.3) is 0 Å². The molecule has 1 saturated heterocycles. The summed E-state index contributed by atoms with van der Waals surface area (Å²) in [7, 11) is 0. The summed E-state index contributed by atoms with van der Waals surface area (Å²) >= 11 is 0. The molecule has 1 aliphatic rings. The van der Waals surface area contributed by atoms with E-state index in [1.54, 1.807) is 0 Å². The van der Waals surface area contributed by atoms with Crippen molar-refractivity contribution in [3.63, 3.8) is 0 Å². The number of carbonyl (C=O) groups excluding carboxylic acids is 1. The zero-order chi connectivity index (χ0) is 19.6. The number of aliphatic hydroxyl groups excluding tert-OH is 3. The molecule has 0 aromatic heterocycles. The Bertz CT molecular complexity index is 698. The van der Waals surface area contributed by atoms with Crippen molar-refractivity contribution in [2.24, 2.45) is 0 Å². The quantitative estimate of drug-likeness (QED) is 0.228. The van der Waals surface area contributed by atoms with Gasteiger partial charge in [0.2, 0.25) is 0 Å². The summed E-state index contributed by atoms with van der Waals surface area (Å²) in [6, 6.07) is 3.08. The third-order valence-electron chi connectivity index (χ3n) is 3.71. The van der Waals surface area contributed by atoms with E-state index in [2.05, 4.69) is 0 Å². The molecule has 14 heteroatoms. The van der Waals surface area contributed by atoms with Crippen LogP contribution < -0.4 is 56.5 Å². The van der Waals surface area contributed by atoms with Crippen molar-refractivity contribution in [1.82, 2.24) is 0 Å². The number of carboxylic acid groups (broad SMARTS) is 1. The maximum atomic E-state index is 11.0. The van der Waals surface area contributed by atoms with Crippen LogP contribution in [0.5, 0.6) is 0 Å². The van der Waals surface area contributed by atoms with E-state index in [0.717, 1.165) is 18.2 Å². The number of nitro benzene ring substituents is 2. The van der Waals surface area contributed by atoms with Crippen LogP contribution in [0.15, 0.2) is 18.2 Å². The topological polar surface area (TPSA) is 206 Å². The summed E-state index contributed by atoms with van der Waals surface area (Å²) in [5.74, 6) is -1.89. The molecule has 0 aliphatic carbocycles. The van der Waals surface area contributed by atoms with Crippen molar-refractivity contribution >= 4 is 17.3 Å². The molecule has 2 rings (SSSR count). The fraction of sp³-hybridized carbons (Fsp3) is 0.462. The van der Waals surface area contributed by atoms with Crippen molar-refractivity contribution in [2.75, 3.05) is 0 Å². The summed E-state index contributed by atoms with van der Waals surface area (Å²) in [4.78, 5) is 31.2. The van der Waals surface area contributed by atoms with Gasteiger partial charge >= 0.3 is 51.4 Å². The minimum absolute atomic E-state index is 0. The third-order valence-corrected chi connectivity index (χ3v) is 3.71. The summed E-state index contributed by atoms with van der Waals surface area (Å²) in [6.07, 6.45) is -9.77. The molecule has 0 saturated carbocycles. The van der Waals surface area contributed by atoms with Gasteiger partial charge < -0.3 is 34.7 Å². The second-order valence-electron chi connectivity index (χ2n) is 5.32. The molecule has 1 aliphatic heterocycles. The molecule has 142 valence electrons. The van der Waals surface area contributed by atoms with Gasteiger partial charge in [0.1, 0.15) is 30.0 Å². The number of aliphatic carboxylic acids is 1. The zero-order valence-corrected chi connectivity index (χ0v) is 17.0. The minimum Gasteiger partial charge on any atom is -0.547 e. The second-order valence-corrected chi connectivity index (χ2v) is 5.32. The van der Waals surface area contributed by atoms with E-state index >= 15 is 0 Å². The average molecular weight is 412 g/mol. The number of hydrogen-bond acceptors (Lipinski definition) is 11. The predicted molar refractivity (Wildman–Crippen MR) is 76.2 cm³/mol. The van der Waals surface area contributed by atoms with E-state index in [-0.39, 0.29) is 51.4 Å². The number of rotatable bonds is 6. The van der Waals surface area contributed by atoms with Crippen LogP contribution in [0.1, 0.15) is 5.56 Å². The van der Waals surface area contributed by atoms with Gasteiger partial charge in [-0.15, -0.1) is 0 Å². The molecule has 13 nitrogen and oxygen atoms in total. The van der Waals surface area contributed by atoms with Crippen LogP contribution in [-0.2, 0) is 20.9 Å². The fourth-order valence-corrected chi connectivity index (χ4v) is 2.40. The number of aliphatic hydroxyl groups is 3. The largest absolute Gasteiger partial charge is 1.00 e. The summed E-state index contributed by atoms with van der Waals surface area (Å²) < 4.78 is 9.80. The number of benzene rings is 1. The molecule has 1 fully saturated rings. The van der Waals surface area contributed by atoms with E-state index in [1.807, 2.05) is 0 Å². The van der Waals surface area contributed by atoms with Gasteiger partial charge in [0.25, 0.3) is 11.4 Å². The fourth-order valence-electron chi connectivity index (χ4n) is 2.40. The first-order chi connectivity index (χ1) is 12.1. The molecule has 0 radical (unpaired) electrons. The molecule has 5 atom stereocenters. The summed E-state index contributed by atoms with van der Waals surface area (Å²) in [5, 5.41) is 62.0. The van der Waals surface area contributed by atoms with Gasteiger partial charge in [-0.2, -0.15) is 0 Å². The van der Waals surface area contributed by atoms with Gasteiger partial charge in [0, 0.05) is 12.1 Å². The van der Waals surface area contributed by atoms with E-state index < -0.39 is 70.1 Å². The van der Waals surface area contributed by atoms with Gasteiger partial charge in [-0.3, -0.25) is 20.2 Å². The number of hydrogen-bond donors (Lipinski definition) is 3. The molecular formula is C13H13KN2O11. The number of carboxylic acids is 1. The van der Waals surface area contributed by atoms with E-state index in [1.165, 1.54) is 0 Å². The Kier molecular flexibility index (Phi) is 8.81. The third kappa shape index (κ3) is 5.26. The molecule has 1 aromatic carbocycles. The van der Waals surface area contributed by atoms with Crippen molar-refractivity contribution in [3.8, 4) is 0 Å². The van der Waals surface area contributed by atoms with Crippen molar-refractivity contribution in [3.05, 3.63) is 44.0 Å². The Labute approximate surface area is 193 Å². The van der Waals surface area contributed by atoms with Gasteiger partial charge in [-0.25, -0.2) is 0 Å². The van der Waals surface area contributed by atoms with Gasteiger partial charge in [-0.1, -0.05) is 0 Å². The first-order valence-corrected chi connectivity index (χ1v) is 7.08. The molecule has 3 N–H and O–H groups in total. The van der Waals surface area contributed by atoms with Crippen LogP contribution in [0.4, 0.5) is 11.4 Å². The smallest absolute Gasteiger partial charge is 0.547 e. The number of carbonyl (C=O) groups is 1. The van der Waals surface area contributed by atoms with Gasteiger partial charge in [0.15, 0.2) is 6.29 Å². The Morgan fingerprint density at radius 2 is 1.59 bits per heavy atom. The standard InChI is InChI=1S/C13H14N2O11.K/c16-8-9(17)11(12(19)20)26-13(10(8)18)25-4-5-6(14(21)22)2-1-3-7(5)15(23)24;/h1-3,8-11,13,16-18H,4H2,(H,19,20);/q;+1/p-1/t8-,9-,10+,11-,13+;/m0./s1. The number of ether oxygens (including phenoxy) is 2. The molecule has 0 bridgehead atoms. The van der Waals surface area contributed by atoms with E-state index in [0.29, 0.717) is 0 Å². The molecule has 0 amide bonds. The van der Waals surface area contributed by atoms with Crippen LogP contribution in [0.2, 0.25) is 0 Å². The Balaban J connectivity index is 0.00000364. The maximum Gasteiger partial charge on any atom is 1.00 e. The maximum absolute atomic E-state index is 11.0. The minimum atomic E-state index is -2.04. The molecule has 0 spiro atoms. The monoisotopic (exact) mass is 412 g/mol. The number of nitro groups is 2. The normalized spacial score (nSPS) is 27.4. The van der Waals surface area contributed by atoms with Crippen molar-refractivity contribution in [2.45, 2.75) is 37.3 Å². The Morgan fingerprint density at radius 1 is 1.07 bits per heavy atom. The molecule has 1 aromatic rings. The van der Waals surface area contributed by atoms with E-state index in [4.69, 9.17) is 9.47 Å². The molecule has 1 heterocycles. The summed E-state index contributed by atoms with van der Waals surface area (Å²) in [5.41, 5.74) is -1.73. The Morgan fingerprint density at radius 3 is 2.04 bits per heavy atom. The van der Waals surface area contributed by atoms with Gasteiger partial charge in [0.05, 0.1) is 22.4 Å². The van der Waals surface area contributed by atoms with Gasteiger partial charge in [-0.05, 0) is 6.07 Å². The van der Waals surface area contributed by atoms with Crippen LogP contribution >= 0.6 is 0 Å². The van der Waals surface area contributed by atoms with Crippen molar-refractivity contribution < 1.29 is 95.9 Å². The Hall–Kier alpha value is -1.07. The van der Waals surface area contributed by atoms with Crippen LogP contribution in [0, 0.1) is 20.2 Å². The van der Waals surface area contributed by atoms with E-state index in [9.17, 15) is 45.4 Å². The summed E-state index contributed by atoms with van der Waals surface area (Å²) in [6.45, 7) is -0.808. The molecule has 0 unspecified atom stereocenters. The van der Waals surface area contributed by atoms with Crippen LogP contribution in [-0.4, -0.2) is 61.8 Å². The van der Waals surface area contributed by atoms with Crippen LogP contribution in [0.3, 0.4) is 0 Å². The first-order valence-electron chi connectivity index (χ1n) is 7.08. The van der Waals surface area contributed by atoms with Crippen molar-refractivity contribution in [1.29, 1.82) is 0 Å². The molecular weight excluding hydrogens is 399 g/mol. The second kappa shape index (κ2) is 9.92. The SMILES string of the molecule is O=C([O-])[C@H]1O[C@@H](OCc2c([N+](=O)[O-])cccc2[N+](=O)[O-])[C@H](O)[C@@H](O)[C@@H]1O.[K+]. The number of nitrogens with zero attached hydrogens (tertiary/aromatic N) is 2. The predicted octanol–water partition coefficient (Wildman–Crippen LogP) is -5.42. The zero-order valence-electron chi connectivity index (χ0n) is 13.8. The molecule has 27 heavy (non-hydrogen) atoms. The first kappa shape index (κ1) is 24.0. The average Bonchev–Trinajstić information content (AvgIpc) is 2.58.